The van der Waals surface area contributed by atoms with Crippen molar-refractivity contribution < 1.29 is 57.5 Å². The van der Waals surface area contributed by atoms with Crippen molar-refractivity contribution in [3.63, 3.8) is 0 Å². The van der Waals surface area contributed by atoms with E-state index in [4.69, 9.17) is 11.5 Å². The second kappa shape index (κ2) is 10.1. The minimum absolute atomic E-state index is 0.0972. The van der Waals surface area contributed by atoms with Gasteiger partial charge in [-0.1, -0.05) is 0 Å². The third-order valence-corrected chi connectivity index (χ3v) is 8.17. The monoisotopic (exact) mass is 611 g/mol. The molecule has 0 unspecified atom stereocenters. The largest absolute Gasteiger partial charge is 0.465 e. The summed E-state index contributed by atoms with van der Waals surface area (Å²) in [5.74, 6) is -3.33. The molecule has 0 spiro atoms. The summed E-state index contributed by atoms with van der Waals surface area (Å²) in [5, 5.41) is 1.55. The summed E-state index contributed by atoms with van der Waals surface area (Å²) in [4.78, 5) is 25.3. The molecule has 2 aromatic carbocycles. The molecule has 0 bridgehead atoms. The Labute approximate surface area is 221 Å². The van der Waals surface area contributed by atoms with Crippen molar-refractivity contribution in [3.05, 3.63) is 68.5 Å². The Morgan fingerprint density at radius 1 is 0.750 bits per heavy atom. The molecule has 4 N–H and O–H groups in total. The smallest absolute Gasteiger partial charge is 0.417 e. The number of benzene rings is 2. The molecule has 0 radical (unpaired) electrons. The Bertz CT molecular complexity index is 1740. The molecule has 10 nitrogen and oxygen atoms in total. The Balaban J connectivity index is 0.000000222. The molecule has 0 aliphatic carbocycles. The summed E-state index contributed by atoms with van der Waals surface area (Å²) in [6.45, 7) is 0. The number of carbonyl (C=O) groups is 2. The van der Waals surface area contributed by atoms with E-state index in [0.717, 1.165) is 30.1 Å². The van der Waals surface area contributed by atoms with E-state index in [1.54, 1.807) is 0 Å². The van der Waals surface area contributed by atoms with Crippen molar-refractivity contribution in [1.29, 1.82) is 0 Å². The highest BCUT2D eigenvalue weighted by atomic mass is 32.2. The second-order valence-electron chi connectivity index (χ2n) is 7.90. The lowest BCUT2D eigenvalue weighted by molar-refractivity contribution is -0.138. The number of methoxy groups -OCH3 is 1. The van der Waals surface area contributed by atoms with Gasteiger partial charge in [-0.3, -0.25) is 4.79 Å². The zero-order chi connectivity index (χ0) is 30.4. The van der Waals surface area contributed by atoms with Crippen LogP contribution in [0.4, 0.5) is 26.3 Å². The maximum atomic E-state index is 13.0. The molecule has 4 rings (SSSR count). The molecule has 0 aromatic heterocycles. The molecular weight excluding hydrogens is 596 g/mol. The average Bonchev–Trinajstić information content (AvgIpc) is 3.30. The quantitative estimate of drug-likeness (QED) is 0.224. The number of halogens is 6. The number of aliphatic imine (C=N–C) groups is 1. The summed E-state index contributed by atoms with van der Waals surface area (Å²) >= 11 is 0. The molecule has 2 aliphatic rings. The third kappa shape index (κ3) is 6.01. The van der Waals surface area contributed by atoms with Crippen LogP contribution in [0.5, 0.6) is 0 Å². The summed E-state index contributed by atoms with van der Waals surface area (Å²) < 4.78 is 128. The standard InChI is InChI=1S/C11H8F3N3O3S.C11H7F3O4S/c12-11(13,14)7-3-5-1-2-21(19,20)8(5)4-6(7)9(18)17-10(15)16;1-18-10(15)7-5-9-6(2-3-19(9,16)17)4-8(7)11(12,13)14/h1-4H,(H4,15,16,17,18);2-5H,1H3. The van der Waals surface area contributed by atoms with E-state index >= 15 is 0 Å². The van der Waals surface area contributed by atoms with Crippen LogP contribution in [-0.4, -0.2) is 41.8 Å². The van der Waals surface area contributed by atoms with Crippen molar-refractivity contribution in [1.82, 2.24) is 0 Å². The van der Waals surface area contributed by atoms with Gasteiger partial charge in [-0.05, 0) is 47.5 Å². The third-order valence-electron chi connectivity index (χ3n) is 5.24. The fraction of sp³-hybridized carbons (Fsp3) is 0.136. The lowest BCUT2D eigenvalue weighted by atomic mass is 10.0. The average molecular weight is 611 g/mol. The van der Waals surface area contributed by atoms with Gasteiger partial charge in [-0.15, -0.1) is 0 Å². The van der Waals surface area contributed by atoms with Crippen LogP contribution in [0.25, 0.3) is 12.2 Å². The topological polar surface area (TPSA) is 176 Å². The van der Waals surface area contributed by atoms with Gasteiger partial charge in [0.05, 0.1) is 39.2 Å². The number of rotatable bonds is 2. The number of alkyl halides is 6. The number of ether oxygens (including phenoxy) is 1. The van der Waals surface area contributed by atoms with Gasteiger partial charge in [-0.25, -0.2) is 21.6 Å². The zero-order valence-corrected chi connectivity index (χ0v) is 21.3. The van der Waals surface area contributed by atoms with Crippen molar-refractivity contribution in [2.45, 2.75) is 22.1 Å². The van der Waals surface area contributed by atoms with Gasteiger partial charge >= 0.3 is 18.3 Å². The van der Waals surface area contributed by atoms with Crippen molar-refractivity contribution in [3.8, 4) is 0 Å². The highest BCUT2D eigenvalue weighted by molar-refractivity contribution is 7.95. The van der Waals surface area contributed by atoms with Gasteiger partial charge in [0.25, 0.3) is 5.91 Å². The number of guanidine groups is 1. The number of fused-ring (bicyclic) bond motifs is 2. The van der Waals surface area contributed by atoms with E-state index < -0.39 is 77.0 Å². The number of carbonyl (C=O) groups excluding carboxylic acids is 2. The van der Waals surface area contributed by atoms with Gasteiger partial charge in [0.15, 0.2) is 25.6 Å². The molecule has 214 valence electrons. The van der Waals surface area contributed by atoms with E-state index in [-0.39, 0.29) is 16.0 Å². The Morgan fingerprint density at radius 3 is 1.52 bits per heavy atom. The number of nitrogens with zero attached hydrogens (tertiary/aromatic N) is 1. The molecule has 18 heteroatoms. The molecule has 2 aromatic rings. The molecular formula is C22H15F6N3O7S2. The van der Waals surface area contributed by atoms with E-state index in [2.05, 4.69) is 9.73 Å². The summed E-state index contributed by atoms with van der Waals surface area (Å²) in [5.41, 5.74) is 5.38. The molecule has 0 fully saturated rings. The number of sulfone groups is 2. The van der Waals surface area contributed by atoms with Crippen molar-refractivity contribution in [2.24, 2.45) is 16.5 Å². The maximum Gasteiger partial charge on any atom is 0.417 e. The van der Waals surface area contributed by atoms with Crippen LogP contribution >= 0.6 is 0 Å². The lowest BCUT2D eigenvalue weighted by Gasteiger charge is -2.13. The summed E-state index contributed by atoms with van der Waals surface area (Å²) in [6.07, 6.45) is -7.56. The predicted molar refractivity (Wildman–Crippen MR) is 127 cm³/mol. The van der Waals surface area contributed by atoms with E-state index in [0.29, 0.717) is 24.3 Å². The van der Waals surface area contributed by atoms with Crippen LogP contribution in [0.1, 0.15) is 43.0 Å². The molecule has 0 saturated heterocycles. The van der Waals surface area contributed by atoms with Crippen LogP contribution in [-0.2, 0) is 36.8 Å². The fourth-order valence-corrected chi connectivity index (χ4v) is 5.94. The highest BCUT2D eigenvalue weighted by Gasteiger charge is 2.39. The fourth-order valence-electron chi connectivity index (χ4n) is 3.52. The normalized spacial score (nSPS) is 15.9. The minimum atomic E-state index is -4.86. The Morgan fingerprint density at radius 2 is 1.15 bits per heavy atom. The highest BCUT2D eigenvalue weighted by Crippen LogP contribution is 2.39. The van der Waals surface area contributed by atoms with Gasteiger partial charge < -0.3 is 16.2 Å². The minimum Gasteiger partial charge on any atom is -0.465 e. The van der Waals surface area contributed by atoms with Gasteiger partial charge in [0, 0.05) is 10.8 Å². The summed E-state index contributed by atoms with van der Waals surface area (Å²) in [6, 6.07) is 2.52. The number of amides is 1. The number of hydrogen-bond donors (Lipinski definition) is 2. The Hall–Kier alpha value is -4.19. The number of hydrogen-bond acceptors (Lipinski definition) is 7. The molecule has 2 heterocycles. The van der Waals surface area contributed by atoms with E-state index in [9.17, 15) is 52.8 Å². The van der Waals surface area contributed by atoms with Gasteiger partial charge in [0.2, 0.25) is 0 Å². The molecule has 2 aliphatic heterocycles. The first-order valence-electron chi connectivity index (χ1n) is 10.3. The molecule has 1 amide bonds. The first-order chi connectivity index (χ1) is 18.2. The number of esters is 1. The first-order valence-corrected chi connectivity index (χ1v) is 13.4. The van der Waals surface area contributed by atoms with Gasteiger partial charge in [0.1, 0.15) is 0 Å². The maximum absolute atomic E-state index is 13.0. The SMILES string of the molecule is COC(=O)c1cc2c(cc1C(F)(F)F)C=CS2(=O)=O.NC(N)=NC(=O)c1cc2c(cc1C(F)(F)F)C=CS2(=O)=O. The molecule has 40 heavy (non-hydrogen) atoms. The summed E-state index contributed by atoms with van der Waals surface area (Å²) in [7, 11) is -6.73. The van der Waals surface area contributed by atoms with Crippen molar-refractivity contribution >= 4 is 49.7 Å². The molecule has 0 saturated carbocycles. The van der Waals surface area contributed by atoms with Crippen LogP contribution in [0, 0.1) is 0 Å². The second-order valence-corrected chi connectivity index (χ2v) is 11.5. The van der Waals surface area contributed by atoms with Gasteiger partial charge in [-0.2, -0.15) is 31.3 Å². The van der Waals surface area contributed by atoms with Crippen LogP contribution in [0.3, 0.4) is 0 Å². The number of nitrogens with two attached hydrogens (primary N) is 2. The van der Waals surface area contributed by atoms with E-state index in [1.807, 2.05) is 0 Å². The first kappa shape index (κ1) is 30.4. The lowest BCUT2D eigenvalue weighted by Crippen LogP contribution is -2.25. The predicted octanol–water partition coefficient (Wildman–Crippen LogP) is 3.13. The van der Waals surface area contributed by atoms with Crippen LogP contribution in [0.15, 0.2) is 49.9 Å². The molecule has 0 atom stereocenters. The van der Waals surface area contributed by atoms with Crippen molar-refractivity contribution in [2.75, 3.05) is 7.11 Å². The van der Waals surface area contributed by atoms with E-state index in [1.165, 1.54) is 0 Å². The van der Waals surface area contributed by atoms with Crippen LogP contribution in [0.2, 0.25) is 0 Å². The Kier molecular flexibility index (Phi) is 7.65. The van der Waals surface area contributed by atoms with Crippen LogP contribution < -0.4 is 11.5 Å². The zero-order valence-electron chi connectivity index (χ0n) is 19.7.